The van der Waals surface area contributed by atoms with E-state index in [-0.39, 0.29) is 0 Å². The molecule has 0 saturated carbocycles. The minimum absolute atomic E-state index is 0.912. The van der Waals surface area contributed by atoms with Crippen LogP contribution in [0.1, 0.15) is 11.1 Å². The molecule has 2 rings (SSSR count). The molecule has 1 aliphatic carbocycles. The maximum atomic E-state index is 5.12. The topological polar surface area (TPSA) is 21.3 Å². The SMILES string of the molecule is CNC1=Cc2ccc(OC)cc21. The summed E-state index contributed by atoms with van der Waals surface area (Å²) >= 11 is 0. The number of hydrogen-bond acceptors (Lipinski definition) is 2. The fraction of sp³-hybridized carbons (Fsp3) is 0.200. The molecule has 0 bridgehead atoms. The standard InChI is InChI=1S/C10H11NO/c1-11-10-5-7-3-4-8(12-2)6-9(7)10/h3-6,11H,1-2H3. The minimum atomic E-state index is 0.912. The molecule has 12 heavy (non-hydrogen) atoms. The zero-order valence-corrected chi connectivity index (χ0v) is 7.22. The largest absolute Gasteiger partial charge is 0.497 e. The summed E-state index contributed by atoms with van der Waals surface area (Å²) in [6.07, 6.45) is 2.12. The maximum absolute atomic E-state index is 5.12. The number of ether oxygens (including phenoxy) is 1. The number of fused-ring (bicyclic) bond motifs is 1. The molecule has 0 atom stereocenters. The summed E-state index contributed by atoms with van der Waals surface area (Å²) in [4.78, 5) is 0. The molecule has 0 heterocycles. The first kappa shape index (κ1) is 7.22. The summed E-state index contributed by atoms with van der Waals surface area (Å²) in [6, 6.07) is 6.08. The molecule has 0 unspecified atom stereocenters. The normalized spacial score (nSPS) is 12.7. The van der Waals surface area contributed by atoms with Crippen LogP contribution in [0.3, 0.4) is 0 Å². The lowest BCUT2D eigenvalue weighted by atomic mass is 9.94. The van der Waals surface area contributed by atoms with Gasteiger partial charge in [0.05, 0.1) is 7.11 Å². The van der Waals surface area contributed by atoms with Gasteiger partial charge in [0.25, 0.3) is 0 Å². The van der Waals surface area contributed by atoms with Crippen LogP contribution in [0.2, 0.25) is 0 Å². The van der Waals surface area contributed by atoms with E-state index in [1.165, 1.54) is 16.8 Å². The maximum Gasteiger partial charge on any atom is 0.119 e. The fourth-order valence-corrected chi connectivity index (χ4v) is 1.38. The van der Waals surface area contributed by atoms with Gasteiger partial charge >= 0.3 is 0 Å². The molecule has 0 radical (unpaired) electrons. The van der Waals surface area contributed by atoms with Gasteiger partial charge < -0.3 is 10.1 Å². The Morgan fingerprint density at radius 2 is 2.17 bits per heavy atom. The Morgan fingerprint density at radius 3 is 2.83 bits per heavy atom. The first-order chi connectivity index (χ1) is 5.85. The van der Waals surface area contributed by atoms with Crippen molar-refractivity contribution in [2.45, 2.75) is 0 Å². The van der Waals surface area contributed by atoms with Crippen LogP contribution in [-0.4, -0.2) is 14.2 Å². The highest BCUT2D eigenvalue weighted by atomic mass is 16.5. The van der Waals surface area contributed by atoms with E-state index in [0.717, 1.165) is 5.75 Å². The van der Waals surface area contributed by atoms with Crippen LogP contribution < -0.4 is 10.1 Å². The highest BCUT2D eigenvalue weighted by Crippen LogP contribution is 2.32. The van der Waals surface area contributed by atoms with Crippen molar-refractivity contribution in [1.82, 2.24) is 5.32 Å². The molecule has 1 N–H and O–H groups in total. The molecule has 1 aromatic rings. The number of rotatable bonds is 2. The number of benzene rings is 1. The second-order valence-corrected chi connectivity index (χ2v) is 2.76. The lowest BCUT2D eigenvalue weighted by Gasteiger charge is -2.20. The predicted molar refractivity (Wildman–Crippen MR) is 49.9 cm³/mol. The Kier molecular flexibility index (Phi) is 1.54. The Bertz CT molecular complexity index is 342. The molecule has 1 aliphatic rings. The summed E-state index contributed by atoms with van der Waals surface area (Å²) in [6.45, 7) is 0. The summed E-state index contributed by atoms with van der Waals surface area (Å²) in [5.41, 5.74) is 3.71. The third kappa shape index (κ3) is 0.881. The van der Waals surface area contributed by atoms with Crippen molar-refractivity contribution in [2.24, 2.45) is 0 Å². The molecule has 0 saturated heterocycles. The monoisotopic (exact) mass is 161 g/mol. The summed E-state index contributed by atoms with van der Waals surface area (Å²) in [5, 5.41) is 3.11. The Labute approximate surface area is 71.9 Å². The van der Waals surface area contributed by atoms with Gasteiger partial charge in [-0.05, 0) is 23.8 Å². The molecule has 0 fully saturated rings. The van der Waals surface area contributed by atoms with E-state index in [0.29, 0.717) is 0 Å². The van der Waals surface area contributed by atoms with Crippen molar-refractivity contribution < 1.29 is 4.74 Å². The Morgan fingerprint density at radius 1 is 1.33 bits per heavy atom. The Hall–Kier alpha value is -1.44. The van der Waals surface area contributed by atoms with Crippen molar-refractivity contribution in [3.8, 4) is 5.75 Å². The van der Waals surface area contributed by atoms with Gasteiger partial charge in [-0.25, -0.2) is 0 Å². The highest BCUT2D eigenvalue weighted by molar-refractivity contribution is 5.94. The van der Waals surface area contributed by atoms with Gasteiger partial charge in [-0.3, -0.25) is 0 Å². The van der Waals surface area contributed by atoms with Crippen molar-refractivity contribution in [3.05, 3.63) is 29.3 Å². The highest BCUT2D eigenvalue weighted by Gasteiger charge is 2.14. The lowest BCUT2D eigenvalue weighted by molar-refractivity contribution is 0.414. The van der Waals surface area contributed by atoms with Gasteiger partial charge in [0, 0.05) is 18.3 Å². The number of nitrogens with one attached hydrogen (secondary N) is 1. The summed E-state index contributed by atoms with van der Waals surface area (Å²) in [5.74, 6) is 0.912. The van der Waals surface area contributed by atoms with Crippen molar-refractivity contribution >= 4 is 11.8 Å². The molecule has 1 aromatic carbocycles. The van der Waals surface area contributed by atoms with Gasteiger partial charge in [0.2, 0.25) is 0 Å². The molecule has 0 amide bonds. The quantitative estimate of drug-likeness (QED) is 0.713. The van der Waals surface area contributed by atoms with Crippen LogP contribution in [0, 0.1) is 0 Å². The predicted octanol–water partition coefficient (Wildman–Crippen LogP) is 1.73. The van der Waals surface area contributed by atoms with Crippen LogP contribution in [0.4, 0.5) is 0 Å². The molecule has 0 aliphatic heterocycles. The third-order valence-electron chi connectivity index (χ3n) is 2.12. The summed E-state index contributed by atoms with van der Waals surface area (Å²) < 4.78 is 5.12. The van der Waals surface area contributed by atoms with Crippen LogP contribution in [0.5, 0.6) is 5.75 Å². The average molecular weight is 161 g/mol. The van der Waals surface area contributed by atoms with Crippen LogP contribution in [0.15, 0.2) is 18.2 Å². The first-order valence-electron chi connectivity index (χ1n) is 3.93. The van der Waals surface area contributed by atoms with Crippen molar-refractivity contribution in [3.63, 3.8) is 0 Å². The van der Waals surface area contributed by atoms with Gasteiger partial charge in [0.1, 0.15) is 5.75 Å². The zero-order chi connectivity index (χ0) is 8.55. The van der Waals surface area contributed by atoms with E-state index >= 15 is 0 Å². The lowest BCUT2D eigenvalue weighted by Crippen LogP contribution is -2.11. The smallest absolute Gasteiger partial charge is 0.119 e. The molecule has 62 valence electrons. The molecule has 0 aromatic heterocycles. The van der Waals surface area contributed by atoms with Crippen molar-refractivity contribution in [2.75, 3.05) is 14.2 Å². The van der Waals surface area contributed by atoms with Crippen LogP contribution in [0.25, 0.3) is 11.8 Å². The molecule has 2 nitrogen and oxygen atoms in total. The van der Waals surface area contributed by atoms with Gasteiger partial charge in [-0.2, -0.15) is 0 Å². The Balaban J connectivity index is 2.37. The van der Waals surface area contributed by atoms with Crippen LogP contribution >= 0.6 is 0 Å². The molecule has 0 spiro atoms. The van der Waals surface area contributed by atoms with E-state index in [1.807, 2.05) is 19.2 Å². The van der Waals surface area contributed by atoms with Gasteiger partial charge in [-0.15, -0.1) is 0 Å². The van der Waals surface area contributed by atoms with E-state index < -0.39 is 0 Å². The van der Waals surface area contributed by atoms with E-state index in [2.05, 4.69) is 17.5 Å². The van der Waals surface area contributed by atoms with E-state index in [4.69, 9.17) is 4.74 Å². The van der Waals surface area contributed by atoms with Gasteiger partial charge in [0.15, 0.2) is 0 Å². The molecular formula is C10H11NO. The van der Waals surface area contributed by atoms with Crippen LogP contribution in [-0.2, 0) is 0 Å². The second kappa shape index (κ2) is 2.55. The van der Waals surface area contributed by atoms with Gasteiger partial charge in [-0.1, -0.05) is 6.07 Å². The number of hydrogen-bond donors (Lipinski definition) is 1. The third-order valence-corrected chi connectivity index (χ3v) is 2.12. The summed E-state index contributed by atoms with van der Waals surface area (Å²) in [7, 11) is 3.61. The number of methoxy groups -OCH3 is 1. The first-order valence-corrected chi connectivity index (χ1v) is 3.93. The van der Waals surface area contributed by atoms with E-state index in [1.54, 1.807) is 7.11 Å². The average Bonchev–Trinajstić information content (AvgIpc) is 2.08. The zero-order valence-electron chi connectivity index (χ0n) is 7.22. The fourth-order valence-electron chi connectivity index (χ4n) is 1.38. The molecular weight excluding hydrogens is 150 g/mol. The minimum Gasteiger partial charge on any atom is -0.497 e. The molecule has 2 heteroatoms. The second-order valence-electron chi connectivity index (χ2n) is 2.76. The van der Waals surface area contributed by atoms with E-state index in [9.17, 15) is 0 Å². The van der Waals surface area contributed by atoms with Crippen molar-refractivity contribution in [1.29, 1.82) is 0 Å².